The van der Waals surface area contributed by atoms with Gasteiger partial charge in [0.2, 0.25) is 0 Å². The van der Waals surface area contributed by atoms with Crippen LogP contribution in [-0.4, -0.2) is 15.0 Å². The van der Waals surface area contributed by atoms with Gasteiger partial charge in [0.15, 0.2) is 0 Å². The van der Waals surface area contributed by atoms with Crippen molar-refractivity contribution in [2.75, 3.05) is 0 Å². The van der Waals surface area contributed by atoms with Crippen LogP contribution in [0.4, 0.5) is 0 Å². The molecule has 3 heteroatoms. The lowest BCUT2D eigenvalue weighted by Crippen LogP contribution is -2.49. The van der Waals surface area contributed by atoms with Crippen molar-refractivity contribution in [3.8, 4) is 0 Å². The van der Waals surface area contributed by atoms with Crippen LogP contribution in [0.2, 0.25) is 0 Å². The van der Waals surface area contributed by atoms with Crippen LogP contribution in [0, 0.1) is 17.8 Å². The standard InChI is InChI=1S/C14H19N3/c1-2-17-13(9-15-16-17)14-6-10-3-11(7-14)5-12(4-10)8-14/h2,9-12H,1,3-8H2. The molecule has 0 saturated heterocycles. The molecule has 0 atom stereocenters. The zero-order valence-corrected chi connectivity index (χ0v) is 10.2. The second-order valence-electron chi connectivity index (χ2n) is 6.44. The largest absolute Gasteiger partial charge is 0.225 e. The minimum atomic E-state index is 0.381. The highest BCUT2D eigenvalue weighted by molar-refractivity contribution is 5.27. The summed E-state index contributed by atoms with van der Waals surface area (Å²) in [6, 6.07) is 0. The van der Waals surface area contributed by atoms with Crippen LogP contribution in [0.25, 0.3) is 6.20 Å². The van der Waals surface area contributed by atoms with E-state index in [1.54, 1.807) is 6.20 Å². The molecule has 0 aliphatic heterocycles. The van der Waals surface area contributed by atoms with Gasteiger partial charge in [-0.1, -0.05) is 11.8 Å². The molecule has 1 heterocycles. The monoisotopic (exact) mass is 229 g/mol. The van der Waals surface area contributed by atoms with Gasteiger partial charge in [-0.05, 0) is 56.3 Å². The highest BCUT2D eigenvalue weighted by Gasteiger charge is 2.52. The van der Waals surface area contributed by atoms with Crippen LogP contribution in [0.3, 0.4) is 0 Å². The molecule has 3 nitrogen and oxygen atoms in total. The van der Waals surface area contributed by atoms with E-state index in [1.165, 1.54) is 44.2 Å². The maximum Gasteiger partial charge on any atom is 0.0735 e. The molecule has 0 radical (unpaired) electrons. The molecule has 90 valence electrons. The summed E-state index contributed by atoms with van der Waals surface area (Å²) in [6.45, 7) is 3.85. The van der Waals surface area contributed by atoms with Gasteiger partial charge in [0.1, 0.15) is 0 Å². The Bertz CT molecular complexity index is 425. The van der Waals surface area contributed by atoms with Gasteiger partial charge in [-0.3, -0.25) is 0 Å². The quantitative estimate of drug-likeness (QED) is 0.780. The maximum absolute atomic E-state index is 4.14. The van der Waals surface area contributed by atoms with Crippen LogP contribution in [0.15, 0.2) is 12.8 Å². The van der Waals surface area contributed by atoms with Gasteiger partial charge in [-0.15, -0.1) is 5.10 Å². The molecule has 1 aromatic rings. The fraction of sp³-hybridized carbons (Fsp3) is 0.714. The van der Waals surface area contributed by atoms with E-state index < -0.39 is 0 Å². The van der Waals surface area contributed by atoms with Crippen molar-refractivity contribution in [2.45, 2.75) is 43.9 Å². The van der Waals surface area contributed by atoms with Crippen LogP contribution >= 0.6 is 0 Å². The van der Waals surface area contributed by atoms with Crippen LogP contribution < -0.4 is 0 Å². The molecule has 4 saturated carbocycles. The molecule has 0 unspecified atom stereocenters. The van der Waals surface area contributed by atoms with Crippen molar-refractivity contribution in [3.63, 3.8) is 0 Å². The van der Waals surface area contributed by atoms with Crippen molar-refractivity contribution in [1.29, 1.82) is 0 Å². The Hall–Kier alpha value is -1.12. The zero-order valence-electron chi connectivity index (χ0n) is 10.2. The topological polar surface area (TPSA) is 30.7 Å². The van der Waals surface area contributed by atoms with Gasteiger partial charge in [-0.2, -0.15) is 0 Å². The number of hydrogen-bond acceptors (Lipinski definition) is 2. The number of aromatic nitrogens is 3. The molecule has 0 amide bonds. The Balaban J connectivity index is 1.79. The Morgan fingerprint density at radius 3 is 2.29 bits per heavy atom. The van der Waals surface area contributed by atoms with Crippen LogP contribution in [-0.2, 0) is 5.41 Å². The lowest BCUT2D eigenvalue weighted by molar-refractivity contribution is -0.00807. The Morgan fingerprint density at radius 2 is 1.76 bits per heavy atom. The first-order chi connectivity index (χ1) is 8.29. The molecular formula is C14H19N3. The third kappa shape index (κ3) is 1.28. The molecular weight excluding hydrogens is 210 g/mol. The minimum Gasteiger partial charge on any atom is -0.225 e. The lowest BCUT2D eigenvalue weighted by atomic mass is 9.49. The molecule has 1 aromatic heterocycles. The summed E-state index contributed by atoms with van der Waals surface area (Å²) in [7, 11) is 0. The first-order valence-electron chi connectivity index (χ1n) is 6.82. The van der Waals surface area contributed by atoms with E-state index >= 15 is 0 Å². The van der Waals surface area contributed by atoms with E-state index in [0.29, 0.717) is 5.41 Å². The zero-order chi connectivity index (χ0) is 11.5. The van der Waals surface area contributed by atoms with Gasteiger partial charge in [0.25, 0.3) is 0 Å². The van der Waals surface area contributed by atoms with Crippen molar-refractivity contribution in [1.82, 2.24) is 15.0 Å². The Kier molecular flexibility index (Phi) is 1.86. The van der Waals surface area contributed by atoms with Crippen molar-refractivity contribution in [3.05, 3.63) is 18.5 Å². The minimum absolute atomic E-state index is 0.381. The van der Waals surface area contributed by atoms with Gasteiger partial charge in [0.05, 0.1) is 11.9 Å². The van der Waals surface area contributed by atoms with E-state index in [1.807, 2.05) is 10.9 Å². The van der Waals surface area contributed by atoms with Crippen molar-refractivity contribution < 1.29 is 0 Å². The van der Waals surface area contributed by atoms with Gasteiger partial charge < -0.3 is 0 Å². The third-order valence-corrected chi connectivity index (χ3v) is 5.33. The number of hydrogen-bond donors (Lipinski definition) is 0. The summed E-state index contributed by atoms with van der Waals surface area (Å²) >= 11 is 0. The summed E-state index contributed by atoms with van der Waals surface area (Å²) in [4.78, 5) is 0. The lowest BCUT2D eigenvalue weighted by Gasteiger charge is -2.56. The molecule has 4 bridgehead atoms. The molecule has 4 aliphatic carbocycles. The fourth-order valence-corrected chi connectivity index (χ4v) is 5.18. The first kappa shape index (κ1) is 9.86. The van der Waals surface area contributed by atoms with E-state index in [4.69, 9.17) is 0 Å². The normalized spacial score (nSPS) is 42.9. The van der Waals surface area contributed by atoms with Gasteiger partial charge in [0, 0.05) is 11.6 Å². The van der Waals surface area contributed by atoms with Crippen molar-refractivity contribution in [2.24, 2.45) is 17.8 Å². The second-order valence-corrected chi connectivity index (χ2v) is 6.44. The van der Waals surface area contributed by atoms with Crippen LogP contribution in [0.5, 0.6) is 0 Å². The predicted molar refractivity (Wildman–Crippen MR) is 66.3 cm³/mol. The van der Waals surface area contributed by atoms with E-state index in [-0.39, 0.29) is 0 Å². The highest BCUT2D eigenvalue weighted by atomic mass is 15.4. The molecule has 17 heavy (non-hydrogen) atoms. The molecule has 0 N–H and O–H groups in total. The molecule has 0 spiro atoms. The highest BCUT2D eigenvalue weighted by Crippen LogP contribution is 2.60. The van der Waals surface area contributed by atoms with Crippen LogP contribution in [0.1, 0.15) is 44.2 Å². The average Bonchev–Trinajstić information content (AvgIpc) is 2.75. The molecule has 5 rings (SSSR count). The average molecular weight is 229 g/mol. The van der Waals surface area contributed by atoms with E-state index in [2.05, 4.69) is 16.9 Å². The van der Waals surface area contributed by atoms with Crippen molar-refractivity contribution >= 4 is 6.20 Å². The summed E-state index contributed by atoms with van der Waals surface area (Å²) < 4.78 is 1.91. The fourth-order valence-electron chi connectivity index (χ4n) is 5.18. The SMILES string of the molecule is C=Cn1nncc1C12CC3CC(CC(C3)C1)C2. The number of nitrogens with zero attached hydrogens (tertiary/aromatic N) is 3. The molecule has 0 aromatic carbocycles. The predicted octanol–water partition coefficient (Wildman–Crippen LogP) is 2.85. The Morgan fingerprint density at radius 1 is 1.18 bits per heavy atom. The Labute approximate surface area is 102 Å². The first-order valence-corrected chi connectivity index (χ1v) is 6.82. The molecule has 4 fully saturated rings. The van der Waals surface area contributed by atoms with Gasteiger partial charge >= 0.3 is 0 Å². The maximum atomic E-state index is 4.14. The second kappa shape index (κ2) is 3.21. The summed E-state index contributed by atoms with van der Waals surface area (Å²) in [5.74, 6) is 2.90. The summed E-state index contributed by atoms with van der Waals surface area (Å²) in [5, 5.41) is 8.23. The summed E-state index contributed by atoms with van der Waals surface area (Å²) in [6.07, 6.45) is 12.3. The summed E-state index contributed by atoms with van der Waals surface area (Å²) in [5.41, 5.74) is 1.71. The van der Waals surface area contributed by atoms with Gasteiger partial charge in [-0.25, -0.2) is 4.68 Å². The molecule has 4 aliphatic rings. The van der Waals surface area contributed by atoms with E-state index in [9.17, 15) is 0 Å². The smallest absolute Gasteiger partial charge is 0.0735 e. The number of rotatable bonds is 2. The third-order valence-electron chi connectivity index (χ3n) is 5.33. The van der Waals surface area contributed by atoms with E-state index in [0.717, 1.165) is 17.8 Å².